The normalized spacial score (nSPS) is 10.7. The number of rotatable bonds is 5. The average Bonchev–Trinajstić information content (AvgIpc) is 2.39. The van der Waals surface area contributed by atoms with Crippen LogP contribution in [0.1, 0.15) is 15.3 Å². The highest BCUT2D eigenvalue weighted by Gasteiger charge is 2.01. The molecular formula is C10H17NOS. The molecule has 3 heteroatoms. The summed E-state index contributed by atoms with van der Waals surface area (Å²) in [5.41, 5.74) is 6.71. The molecule has 0 amide bonds. The maximum Gasteiger partial charge on any atom is 0.0588 e. The van der Waals surface area contributed by atoms with Crippen molar-refractivity contribution >= 4 is 11.3 Å². The summed E-state index contributed by atoms with van der Waals surface area (Å²) in [6.45, 7) is 6.37. The SMILES string of the molecule is Cc1cc(C)c(CCOCCN)s1. The predicted octanol–water partition coefficient (Wildman–Crippen LogP) is 1.88. The molecule has 0 fully saturated rings. The van der Waals surface area contributed by atoms with Gasteiger partial charge in [-0.25, -0.2) is 0 Å². The third-order valence-corrected chi connectivity index (χ3v) is 3.09. The number of hydrogen-bond acceptors (Lipinski definition) is 3. The molecule has 0 aromatic carbocycles. The van der Waals surface area contributed by atoms with Crippen LogP contribution in [0.25, 0.3) is 0 Å². The maximum atomic E-state index is 5.33. The predicted molar refractivity (Wildman–Crippen MR) is 57.4 cm³/mol. The van der Waals surface area contributed by atoms with Crippen molar-refractivity contribution in [1.82, 2.24) is 0 Å². The quantitative estimate of drug-likeness (QED) is 0.735. The van der Waals surface area contributed by atoms with Gasteiger partial charge >= 0.3 is 0 Å². The highest BCUT2D eigenvalue weighted by atomic mass is 32.1. The lowest BCUT2D eigenvalue weighted by molar-refractivity contribution is 0.145. The lowest BCUT2D eigenvalue weighted by Gasteiger charge is -2.01. The zero-order chi connectivity index (χ0) is 9.68. The molecular weight excluding hydrogens is 182 g/mol. The van der Waals surface area contributed by atoms with Crippen LogP contribution in [0.2, 0.25) is 0 Å². The summed E-state index contributed by atoms with van der Waals surface area (Å²) < 4.78 is 5.33. The van der Waals surface area contributed by atoms with Crippen LogP contribution in [0.15, 0.2) is 6.07 Å². The van der Waals surface area contributed by atoms with Gasteiger partial charge in [0, 0.05) is 22.7 Å². The number of ether oxygens (including phenoxy) is 1. The summed E-state index contributed by atoms with van der Waals surface area (Å²) in [6.07, 6.45) is 1.02. The van der Waals surface area contributed by atoms with E-state index in [0.29, 0.717) is 13.2 Å². The van der Waals surface area contributed by atoms with Gasteiger partial charge in [0.2, 0.25) is 0 Å². The van der Waals surface area contributed by atoms with Crippen molar-refractivity contribution in [3.63, 3.8) is 0 Å². The number of nitrogens with two attached hydrogens (primary N) is 1. The topological polar surface area (TPSA) is 35.2 Å². The van der Waals surface area contributed by atoms with E-state index in [-0.39, 0.29) is 0 Å². The van der Waals surface area contributed by atoms with E-state index in [1.165, 1.54) is 15.3 Å². The smallest absolute Gasteiger partial charge is 0.0588 e. The third-order valence-electron chi connectivity index (χ3n) is 1.88. The summed E-state index contributed by atoms with van der Waals surface area (Å²) >= 11 is 1.86. The van der Waals surface area contributed by atoms with Crippen LogP contribution < -0.4 is 5.73 Å². The molecule has 13 heavy (non-hydrogen) atoms. The molecule has 0 spiro atoms. The van der Waals surface area contributed by atoms with Crippen LogP contribution in [0.5, 0.6) is 0 Å². The van der Waals surface area contributed by atoms with Crippen LogP contribution in [-0.4, -0.2) is 19.8 Å². The number of thiophene rings is 1. The summed E-state index contributed by atoms with van der Waals surface area (Å²) in [7, 11) is 0. The molecule has 2 N–H and O–H groups in total. The summed E-state index contributed by atoms with van der Waals surface area (Å²) in [5, 5.41) is 0. The highest BCUT2D eigenvalue weighted by molar-refractivity contribution is 7.12. The molecule has 1 aromatic heterocycles. The van der Waals surface area contributed by atoms with Gasteiger partial charge < -0.3 is 10.5 Å². The fraction of sp³-hybridized carbons (Fsp3) is 0.600. The monoisotopic (exact) mass is 199 g/mol. The first-order chi connectivity index (χ1) is 6.24. The molecule has 0 aliphatic carbocycles. The van der Waals surface area contributed by atoms with E-state index >= 15 is 0 Å². The van der Waals surface area contributed by atoms with E-state index in [0.717, 1.165) is 13.0 Å². The first kappa shape index (κ1) is 10.7. The average molecular weight is 199 g/mol. The summed E-state index contributed by atoms with van der Waals surface area (Å²) in [5.74, 6) is 0. The minimum Gasteiger partial charge on any atom is -0.380 e. The molecule has 1 rings (SSSR count). The molecule has 0 unspecified atom stereocenters. The fourth-order valence-corrected chi connectivity index (χ4v) is 2.32. The van der Waals surface area contributed by atoms with Crippen molar-refractivity contribution in [3.05, 3.63) is 21.4 Å². The van der Waals surface area contributed by atoms with Gasteiger partial charge in [-0.3, -0.25) is 0 Å². The Morgan fingerprint density at radius 2 is 2.15 bits per heavy atom. The first-order valence-corrected chi connectivity index (χ1v) is 5.39. The van der Waals surface area contributed by atoms with Crippen LogP contribution in [0.3, 0.4) is 0 Å². The van der Waals surface area contributed by atoms with Crippen LogP contribution in [-0.2, 0) is 11.2 Å². The Morgan fingerprint density at radius 1 is 1.38 bits per heavy atom. The van der Waals surface area contributed by atoms with Gasteiger partial charge in [-0.15, -0.1) is 11.3 Å². The second-order valence-electron chi connectivity index (χ2n) is 3.11. The largest absolute Gasteiger partial charge is 0.380 e. The van der Waals surface area contributed by atoms with Crippen LogP contribution >= 0.6 is 11.3 Å². The third kappa shape index (κ3) is 3.46. The number of aryl methyl sites for hydroxylation is 2. The summed E-state index contributed by atoms with van der Waals surface area (Å²) in [6, 6.07) is 2.23. The maximum absolute atomic E-state index is 5.33. The Hall–Kier alpha value is -0.380. The summed E-state index contributed by atoms with van der Waals surface area (Å²) in [4.78, 5) is 2.82. The van der Waals surface area contributed by atoms with E-state index in [2.05, 4.69) is 19.9 Å². The van der Waals surface area contributed by atoms with Crippen LogP contribution in [0.4, 0.5) is 0 Å². The minimum atomic E-state index is 0.614. The molecule has 0 aliphatic heterocycles. The Kier molecular flexibility index (Phi) is 4.42. The zero-order valence-corrected chi connectivity index (χ0v) is 9.12. The molecule has 0 saturated carbocycles. The standard InChI is InChI=1S/C10H17NOS/c1-8-7-9(2)13-10(8)3-5-12-6-4-11/h7H,3-6,11H2,1-2H3. The Bertz CT molecular complexity index is 257. The molecule has 0 atom stereocenters. The van der Waals surface area contributed by atoms with Crippen molar-refractivity contribution in [2.24, 2.45) is 5.73 Å². The Labute approximate surface area is 83.7 Å². The second-order valence-corrected chi connectivity index (χ2v) is 4.46. The van der Waals surface area contributed by atoms with Gasteiger partial charge in [0.15, 0.2) is 0 Å². The van der Waals surface area contributed by atoms with E-state index in [4.69, 9.17) is 10.5 Å². The van der Waals surface area contributed by atoms with Gasteiger partial charge in [0.25, 0.3) is 0 Å². The Morgan fingerprint density at radius 3 is 2.69 bits per heavy atom. The molecule has 1 aromatic rings. The molecule has 2 nitrogen and oxygen atoms in total. The van der Waals surface area contributed by atoms with Crippen molar-refractivity contribution in [3.8, 4) is 0 Å². The van der Waals surface area contributed by atoms with Gasteiger partial charge in [-0.05, 0) is 25.5 Å². The van der Waals surface area contributed by atoms with Crippen molar-refractivity contribution < 1.29 is 4.74 Å². The van der Waals surface area contributed by atoms with Gasteiger partial charge in [0.05, 0.1) is 13.2 Å². The van der Waals surface area contributed by atoms with E-state index in [1.54, 1.807) is 0 Å². The van der Waals surface area contributed by atoms with Gasteiger partial charge in [0.1, 0.15) is 0 Å². The van der Waals surface area contributed by atoms with Gasteiger partial charge in [-0.2, -0.15) is 0 Å². The van der Waals surface area contributed by atoms with Crippen molar-refractivity contribution in [1.29, 1.82) is 0 Å². The lowest BCUT2D eigenvalue weighted by Crippen LogP contribution is -2.09. The van der Waals surface area contributed by atoms with Crippen LogP contribution in [0, 0.1) is 13.8 Å². The molecule has 0 bridgehead atoms. The lowest BCUT2D eigenvalue weighted by atomic mass is 10.2. The fourth-order valence-electron chi connectivity index (χ4n) is 1.29. The van der Waals surface area contributed by atoms with E-state index < -0.39 is 0 Å². The molecule has 1 heterocycles. The van der Waals surface area contributed by atoms with E-state index in [1.807, 2.05) is 11.3 Å². The zero-order valence-electron chi connectivity index (χ0n) is 8.30. The molecule has 0 radical (unpaired) electrons. The van der Waals surface area contributed by atoms with E-state index in [9.17, 15) is 0 Å². The first-order valence-electron chi connectivity index (χ1n) is 4.57. The Balaban J connectivity index is 2.32. The van der Waals surface area contributed by atoms with Gasteiger partial charge in [-0.1, -0.05) is 0 Å². The minimum absolute atomic E-state index is 0.614. The van der Waals surface area contributed by atoms with Crippen molar-refractivity contribution in [2.45, 2.75) is 20.3 Å². The molecule has 0 aliphatic rings. The molecule has 74 valence electrons. The second kappa shape index (κ2) is 5.37. The molecule has 0 saturated heterocycles. The van der Waals surface area contributed by atoms with Crippen molar-refractivity contribution in [2.75, 3.05) is 19.8 Å². The highest BCUT2D eigenvalue weighted by Crippen LogP contribution is 2.21. The number of hydrogen-bond donors (Lipinski definition) is 1.